The lowest BCUT2D eigenvalue weighted by Crippen LogP contribution is -2.36. The number of aliphatic carboxylic acids is 1. The van der Waals surface area contributed by atoms with Crippen molar-refractivity contribution in [2.75, 3.05) is 13.2 Å². The van der Waals surface area contributed by atoms with Gasteiger partial charge in [-0.05, 0) is 72.0 Å². The quantitative estimate of drug-likeness (QED) is 0.205. The second kappa shape index (κ2) is 12.0. The van der Waals surface area contributed by atoms with Gasteiger partial charge >= 0.3 is 5.97 Å². The van der Waals surface area contributed by atoms with Gasteiger partial charge in [-0.1, -0.05) is 54.6 Å². The molecule has 5 aromatic rings. The van der Waals surface area contributed by atoms with Crippen LogP contribution in [0.3, 0.4) is 0 Å². The third-order valence-electron chi connectivity index (χ3n) is 7.91. The summed E-state index contributed by atoms with van der Waals surface area (Å²) >= 11 is 0. The molecule has 0 amide bonds. The number of ether oxygens (including phenoxy) is 1. The van der Waals surface area contributed by atoms with Gasteiger partial charge in [0.2, 0.25) is 15.9 Å². The van der Waals surface area contributed by atoms with Gasteiger partial charge in [-0.15, -0.1) is 0 Å². The summed E-state index contributed by atoms with van der Waals surface area (Å²) in [5.74, 6) is 1.09. The number of aromatic nitrogens is 1. The number of hydrogen-bond acceptors (Lipinski definition) is 6. The molecule has 0 saturated carbocycles. The molecule has 0 aliphatic carbocycles. The molecule has 1 aromatic heterocycles. The predicted molar refractivity (Wildman–Crippen MR) is 164 cm³/mol. The van der Waals surface area contributed by atoms with Crippen molar-refractivity contribution in [3.63, 3.8) is 0 Å². The number of fused-ring (bicyclic) bond motifs is 2. The molecule has 9 heteroatoms. The van der Waals surface area contributed by atoms with Gasteiger partial charge < -0.3 is 14.3 Å². The lowest BCUT2D eigenvalue weighted by atomic mass is 9.92. The molecule has 4 aromatic carbocycles. The number of aryl methyl sites for hydroxylation is 2. The summed E-state index contributed by atoms with van der Waals surface area (Å²) in [6, 6.07) is 26.3. The molecular formula is C34H32N2O6S. The maximum absolute atomic E-state index is 13.8. The van der Waals surface area contributed by atoms with E-state index in [1.807, 2.05) is 79.7 Å². The van der Waals surface area contributed by atoms with E-state index in [0.717, 1.165) is 44.5 Å². The van der Waals surface area contributed by atoms with Crippen LogP contribution in [-0.4, -0.2) is 41.9 Å². The lowest BCUT2D eigenvalue weighted by Gasteiger charge is -2.31. The van der Waals surface area contributed by atoms with Crippen molar-refractivity contribution in [2.45, 2.75) is 44.0 Å². The molecule has 2 heterocycles. The van der Waals surface area contributed by atoms with Crippen molar-refractivity contribution in [2.24, 2.45) is 0 Å². The predicted octanol–water partition coefficient (Wildman–Crippen LogP) is 6.19. The highest BCUT2D eigenvalue weighted by Gasteiger charge is 2.31. The Labute approximate surface area is 250 Å². The zero-order valence-corrected chi connectivity index (χ0v) is 24.6. The fourth-order valence-corrected chi connectivity index (χ4v) is 7.04. The number of carboxylic acid groups (broad SMARTS) is 1. The molecule has 43 heavy (non-hydrogen) atoms. The van der Waals surface area contributed by atoms with Crippen molar-refractivity contribution < 1.29 is 27.5 Å². The summed E-state index contributed by atoms with van der Waals surface area (Å²) in [6.45, 7) is 2.70. The van der Waals surface area contributed by atoms with Crippen LogP contribution in [0.15, 0.2) is 94.2 Å². The summed E-state index contributed by atoms with van der Waals surface area (Å²) < 4.78 is 41.1. The molecular weight excluding hydrogens is 564 g/mol. The van der Waals surface area contributed by atoms with Gasteiger partial charge in [0, 0.05) is 37.1 Å². The molecule has 0 bridgehead atoms. The number of carbonyl (C=O) groups is 1. The lowest BCUT2D eigenvalue weighted by molar-refractivity contribution is -0.136. The second-order valence-electron chi connectivity index (χ2n) is 10.7. The Bertz CT molecular complexity index is 1900. The van der Waals surface area contributed by atoms with Gasteiger partial charge in [0.15, 0.2) is 0 Å². The largest absolute Gasteiger partial charge is 0.493 e. The Morgan fingerprint density at radius 1 is 0.953 bits per heavy atom. The van der Waals surface area contributed by atoms with Gasteiger partial charge in [-0.3, -0.25) is 4.79 Å². The van der Waals surface area contributed by atoms with Gasteiger partial charge in [0.05, 0.1) is 17.2 Å². The zero-order valence-electron chi connectivity index (χ0n) is 23.8. The van der Waals surface area contributed by atoms with E-state index in [-0.39, 0.29) is 17.9 Å². The molecule has 220 valence electrons. The molecule has 1 aliphatic heterocycles. The molecule has 1 aliphatic rings. The van der Waals surface area contributed by atoms with E-state index in [9.17, 15) is 18.3 Å². The fraction of sp³-hybridized carbons (Fsp3) is 0.235. The Balaban J connectivity index is 1.23. The van der Waals surface area contributed by atoms with Gasteiger partial charge in [0.25, 0.3) is 0 Å². The van der Waals surface area contributed by atoms with Crippen molar-refractivity contribution in [1.82, 2.24) is 9.29 Å². The van der Waals surface area contributed by atoms with Gasteiger partial charge in [-0.2, -0.15) is 4.31 Å². The topological polar surface area (TPSA) is 110 Å². The van der Waals surface area contributed by atoms with Crippen molar-refractivity contribution in [3.05, 3.63) is 113 Å². The Morgan fingerprint density at radius 3 is 2.51 bits per heavy atom. The Hall–Kier alpha value is -4.47. The SMILES string of the molecule is Cc1oc(-c2ccccc2)nc1CCOc1ccc(CCC(=O)O)c2c1CCN(S(=O)(=O)c1ccc3ccccc3c1)C2. The van der Waals surface area contributed by atoms with Crippen LogP contribution in [-0.2, 0) is 40.6 Å². The Morgan fingerprint density at radius 2 is 1.72 bits per heavy atom. The molecule has 0 fully saturated rings. The summed E-state index contributed by atoms with van der Waals surface area (Å²) in [5, 5.41) is 11.2. The molecule has 6 rings (SSSR count). The van der Waals surface area contributed by atoms with Crippen LogP contribution in [0.4, 0.5) is 0 Å². The highest BCUT2D eigenvalue weighted by atomic mass is 32.2. The van der Waals surface area contributed by atoms with Crippen molar-refractivity contribution >= 4 is 26.8 Å². The number of benzene rings is 4. The molecule has 0 spiro atoms. The van der Waals surface area contributed by atoms with Crippen molar-refractivity contribution in [3.8, 4) is 17.2 Å². The fourth-order valence-electron chi connectivity index (χ4n) is 5.60. The average Bonchev–Trinajstić information content (AvgIpc) is 3.40. The van der Waals surface area contributed by atoms with Crippen LogP contribution in [0.2, 0.25) is 0 Å². The summed E-state index contributed by atoms with van der Waals surface area (Å²) in [6.07, 6.45) is 1.27. The number of nitrogens with zero attached hydrogens (tertiary/aromatic N) is 2. The monoisotopic (exact) mass is 596 g/mol. The Kier molecular flexibility index (Phi) is 8.01. The van der Waals surface area contributed by atoms with Crippen molar-refractivity contribution in [1.29, 1.82) is 0 Å². The first-order valence-corrected chi connectivity index (χ1v) is 15.7. The third kappa shape index (κ3) is 6.04. The van der Waals surface area contributed by atoms with E-state index in [4.69, 9.17) is 9.15 Å². The standard InChI is InChI=1S/C34H32N2O6S/c1-23-31(35-34(42-23)26-8-3-2-4-9-26)18-20-41-32-15-12-25(13-16-33(37)38)30-22-36(19-17-29(30)32)43(39,40)28-14-11-24-7-5-6-10-27(24)21-28/h2-12,14-15,21H,13,16-20,22H2,1H3,(H,37,38). The highest BCUT2D eigenvalue weighted by molar-refractivity contribution is 7.89. The maximum atomic E-state index is 13.8. The number of hydrogen-bond donors (Lipinski definition) is 1. The normalized spacial score (nSPS) is 13.6. The summed E-state index contributed by atoms with van der Waals surface area (Å²) in [4.78, 5) is 16.3. The minimum atomic E-state index is -3.78. The van der Waals surface area contributed by atoms with Gasteiger partial charge in [-0.25, -0.2) is 13.4 Å². The molecule has 0 radical (unpaired) electrons. The first kappa shape index (κ1) is 28.6. The molecule has 0 unspecified atom stereocenters. The summed E-state index contributed by atoms with van der Waals surface area (Å²) in [5.41, 5.74) is 4.29. The van der Waals surface area contributed by atoms with Crippen LogP contribution < -0.4 is 4.74 Å². The van der Waals surface area contributed by atoms with E-state index in [1.165, 1.54) is 4.31 Å². The zero-order chi connectivity index (χ0) is 30.0. The minimum Gasteiger partial charge on any atom is -0.493 e. The first-order chi connectivity index (χ1) is 20.8. The van der Waals surface area contributed by atoms with E-state index >= 15 is 0 Å². The molecule has 0 atom stereocenters. The highest BCUT2D eigenvalue weighted by Crippen LogP contribution is 2.34. The van der Waals surface area contributed by atoms with E-state index in [1.54, 1.807) is 12.1 Å². The van der Waals surface area contributed by atoms with Crippen LogP contribution in [0, 0.1) is 6.92 Å². The van der Waals surface area contributed by atoms with Gasteiger partial charge in [0.1, 0.15) is 11.5 Å². The summed E-state index contributed by atoms with van der Waals surface area (Å²) in [7, 11) is -3.78. The van der Waals surface area contributed by atoms with Crippen LogP contribution in [0.5, 0.6) is 5.75 Å². The third-order valence-corrected chi connectivity index (χ3v) is 9.75. The first-order valence-electron chi connectivity index (χ1n) is 14.3. The maximum Gasteiger partial charge on any atom is 0.303 e. The number of carboxylic acids is 1. The van der Waals surface area contributed by atoms with Crippen LogP contribution >= 0.6 is 0 Å². The minimum absolute atomic E-state index is 0.0424. The smallest absolute Gasteiger partial charge is 0.303 e. The number of rotatable bonds is 10. The van der Waals surface area contributed by atoms with E-state index in [0.29, 0.717) is 44.1 Å². The molecule has 8 nitrogen and oxygen atoms in total. The second-order valence-corrected chi connectivity index (χ2v) is 12.6. The molecule has 0 saturated heterocycles. The number of sulfonamides is 1. The molecule has 1 N–H and O–H groups in total. The van der Waals surface area contributed by atoms with E-state index < -0.39 is 16.0 Å². The van der Waals surface area contributed by atoms with Crippen LogP contribution in [0.25, 0.3) is 22.2 Å². The van der Waals surface area contributed by atoms with E-state index in [2.05, 4.69) is 4.98 Å². The average molecular weight is 597 g/mol. The number of oxazole rings is 1. The van der Waals surface area contributed by atoms with Crippen LogP contribution in [0.1, 0.15) is 34.6 Å².